The van der Waals surface area contributed by atoms with Gasteiger partial charge in [0.1, 0.15) is 0 Å². The van der Waals surface area contributed by atoms with E-state index in [-0.39, 0.29) is 0 Å². The highest BCUT2D eigenvalue weighted by molar-refractivity contribution is 5.25. The van der Waals surface area contributed by atoms with Crippen molar-refractivity contribution in [2.75, 3.05) is 0 Å². The van der Waals surface area contributed by atoms with Gasteiger partial charge in [-0.1, -0.05) is 159 Å². The Morgan fingerprint density at radius 3 is 0.806 bits per heavy atom. The molecule has 0 aliphatic rings. The van der Waals surface area contributed by atoms with Crippen LogP contribution in [0, 0.1) is 21.7 Å². The fraction of sp³-hybridized carbons (Fsp3) is 0.667. The van der Waals surface area contributed by atoms with Crippen LogP contribution in [0.1, 0.15) is 133 Å². The Bertz CT molecular complexity index is 727. The molecule has 0 heteroatoms. The normalized spacial score (nSPS) is 11.8. The summed E-state index contributed by atoms with van der Waals surface area (Å²) in [5.74, 6) is 0. The highest BCUT2D eigenvalue weighted by Crippen LogP contribution is 2.25. The van der Waals surface area contributed by atoms with Crippen LogP contribution in [0.15, 0.2) is 48.5 Å². The maximum Gasteiger partial charge on any atom is -0.0230 e. The van der Waals surface area contributed by atoms with Gasteiger partial charge in [-0.25, -0.2) is 0 Å². The number of hydrogen-bond acceptors (Lipinski definition) is 0. The highest BCUT2D eigenvalue weighted by atomic mass is 14.2. The second-order valence-electron chi connectivity index (χ2n) is 14.6. The second kappa shape index (κ2) is 16.3. The molecule has 0 atom stereocenters. The van der Waals surface area contributed by atoms with Gasteiger partial charge in [0, 0.05) is 0 Å². The largest absolute Gasteiger partial charge is 0.0683 e. The van der Waals surface area contributed by atoms with E-state index < -0.39 is 0 Å². The molecule has 0 heterocycles. The topological polar surface area (TPSA) is 0 Å². The summed E-state index contributed by atoms with van der Waals surface area (Å²) in [7, 11) is 0. The molecule has 0 fully saturated rings. The van der Waals surface area contributed by atoms with Crippen LogP contribution in [0.2, 0.25) is 0 Å². The molecule has 0 nitrogen and oxygen atoms in total. The van der Waals surface area contributed by atoms with Gasteiger partial charge in [-0.2, -0.15) is 0 Å². The van der Waals surface area contributed by atoms with E-state index in [0.29, 0.717) is 21.7 Å². The van der Waals surface area contributed by atoms with Crippen LogP contribution >= 0.6 is 0 Å². The molecule has 0 radical (unpaired) electrons. The van der Waals surface area contributed by atoms with Crippen LogP contribution < -0.4 is 0 Å². The van der Waals surface area contributed by atoms with Crippen molar-refractivity contribution < 1.29 is 0 Å². The minimum Gasteiger partial charge on any atom is -0.0683 e. The van der Waals surface area contributed by atoms with Gasteiger partial charge in [0.25, 0.3) is 0 Å². The highest BCUT2D eigenvalue weighted by Gasteiger charge is 2.15. The van der Waals surface area contributed by atoms with E-state index in [9.17, 15) is 0 Å². The second-order valence-corrected chi connectivity index (χ2v) is 14.6. The molecule has 0 bridgehead atoms. The summed E-state index contributed by atoms with van der Waals surface area (Å²) in [4.78, 5) is 0. The zero-order valence-corrected chi connectivity index (χ0v) is 27.4. The summed E-state index contributed by atoms with van der Waals surface area (Å²) in [6.45, 7) is 35.5. The maximum atomic E-state index is 2.37. The Kier molecular flexibility index (Phi) is 16.6. The summed E-state index contributed by atoms with van der Waals surface area (Å²) in [5.41, 5.74) is 7.34. The van der Waals surface area contributed by atoms with Crippen molar-refractivity contribution in [1.82, 2.24) is 0 Å². The first-order chi connectivity index (χ1) is 16.3. The van der Waals surface area contributed by atoms with Crippen LogP contribution in [0.5, 0.6) is 0 Å². The zero-order valence-electron chi connectivity index (χ0n) is 27.4. The fourth-order valence-corrected chi connectivity index (χ4v) is 4.07. The number of hydrogen-bond donors (Lipinski definition) is 0. The predicted octanol–water partition coefficient (Wildman–Crippen LogP) is 11.8. The van der Waals surface area contributed by atoms with Crippen molar-refractivity contribution >= 4 is 0 Å². The van der Waals surface area contributed by atoms with Crippen molar-refractivity contribution in [2.24, 2.45) is 21.7 Å². The van der Waals surface area contributed by atoms with Crippen molar-refractivity contribution in [3.63, 3.8) is 0 Å². The monoisotopic (exact) mass is 497 g/mol. The summed E-state index contributed by atoms with van der Waals surface area (Å²) >= 11 is 0. The Morgan fingerprint density at radius 1 is 0.361 bits per heavy atom. The third-order valence-corrected chi connectivity index (χ3v) is 4.95. The standard InChI is InChI=1S/2C16H26.2C2H6/c1-15(2,3)11-13-7-9-14(10-8-13)12-16(4,5)6;1-15(2,3)11-13-8-7-9-14(10-13)12-16(4,5)6;2*1-2/h2*7-10H,11-12H2,1-6H3;2*1-2H3. The van der Waals surface area contributed by atoms with Crippen LogP contribution in [0.25, 0.3) is 0 Å². The Morgan fingerprint density at radius 2 is 0.583 bits per heavy atom. The third kappa shape index (κ3) is 21.7. The molecule has 0 amide bonds. The quantitative estimate of drug-likeness (QED) is 0.395. The molecule has 208 valence electrons. The molecule has 2 rings (SSSR count). The van der Waals surface area contributed by atoms with E-state index in [2.05, 4.69) is 132 Å². The Balaban J connectivity index is 0. The third-order valence-electron chi connectivity index (χ3n) is 4.95. The van der Waals surface area contributed by atoms with Gasteiger partial charge < -0.3 is 0 Å². The summed E-state index contributed by atoms with van der Waals surface area (Å²) in [5, 5.41) is 0. The molecular formula is C36H64. The van der Waals surface area contributed by atoms with Gasteiger partial charge >= 0.3 is 0 Å². The Hall–Kier alpha value is -1.56. The van der Waals surface area contributed by atoms with Crippen molar-refractivity contribution in [1.29, 1.82) is 0 Å². The molecule has 36 heavy (non-hydrogen) atoms. The fourth-order valence-electron chi connectivity index (χ4n) is 4.07. The number of benzene rings is 2. The molecule has 0 spiro atoms. The van der Waals surface area contributed by atoms with E-state index >= 15 is 0 Å². The maximum absolute atomic E-state index is 2.37. The average molecular weight is 497 g/mol. The van der Waals surface area contributed by atoms with Gasteiger partial charge in [-0.05, 0) is 69.6 Å². The van der Waals surface area contributed by atoms with E-state index in [0.717, 1.165) is 25.7 Å². The van der Waals surface area contributed by atoms with E-state index in [1.807, 2.05) is 27.7 Å². The first kappa shape index (κ1) is 36.6. The van der Waals surface area contributed by atoms with Gasteiger partial charge in [0.05, 0.1) is 0 Å². The zero-order chi connectivity index (χ0) is 28.8. The average Bonchev–Trinajstić information content (AvgIpc) is 2.69. The van der Waals surface area contributed by atoms with E-state index in [1.165, 1.54) is 22.3 Å². The van der Waals surface area contributed by atoms with Crippen LogP contribution in [0.3, 0.4) is 0 Å². The lowest BCUT2D eigenvalue weighted by Gasteiger charge is -2.21. The molecule has 2 aromatic carbocycles. The summed E-state index contributed by atoms with van der Waals surface area (Å²) in [6, 6.07) is 18.2. The van der Waals surface area contributed by atoms with Crippen molar-refractivity contribution in [2.45, 2.75) is 136 Å². The molecule has 2 aromatic rings. The molecule has 0 aliphatic heterocycles. The summed E-state index contributed by atoms with van der Waals surface area (Å²) in [6.07, 6.45) is 4.63. The van der Waals surface area contributed by atoms with Gasteiger partial charge in [0.15, 0.2) is 0 Å². The molecular weight excluding hydrogens is 432 g/mol. The lowest BCUT2D eigenvalue weighted by Crippen LogP contribution is -2.11. The minimum absolute atomic E-state index is 0.375. The molecule has 0 unspecified atom stereocenters. The predicted molar refractivity (Wildman–Crippen MR) is 168 cm³/mol. The Labute approximate surface area is 228 Å². The minimum atomic E-state index is 0.375. The van der Waals surface area contributed by atoms with Crippen LogP contribution in [-0.2, 0) is 25.7 Å². The SMILES string of the molecule is CC.CC.CC(C)(C)Cc1ccc(CC(C)(C)C)cc1.CC(C)(C)Cc1cccc(CC(C)(C)C)c1. The van der Waals surface area contributed by atoms with Crippen LogP contribution in [0.4, 0.5) is 0 Å². The van der Waals surface area contributed by atoms with E-state index in [1.54, 1.807) is 0 Å². The van der Waals surface area contributed by atoms with Gasteiger partial charge in [-0.3, -0.25) is 0 Å². The van der Waals surface area contributed by atoms with Gasteiger partial charge in [0.2, 0.25) is 0 Å². The molecule has 0 N–H and O–H groups in total. The van der Waals surface area contributed by atoms with Gasteiger partial charge in [-0.15, -0.1) is 0 Å². The van der Waals surface area contributed by atoms with Crippen LogP contribution in [-0.4, -0.2) is 0 Å². The lowest BCUT2D eigenvalue weighted by atomic mass is 9.85. The molecule has 0 saturated heterocycles. The van der Waals surface area contributed by atoms with E-state index in [4.69, 9.17) is 0 Å². The molecule has 0 aromatic heterocycles. The van der Waals surface area contributed by atoms with Crippen molar-refractivity contribution in [3.8, 4) is 0 Å². The molecule has 0 aliphatic carbocycles. The first-order valence-electron chi connectivity index (χ1n) is 14.5. The molecule has 0 saturated carbocycles. The number of rotatable bonds is 4. The summed E-state index contributed by atoms with van der Waals surface area (Å²) < 4.78 is 0. The first-order valence-corrected chi connectivity index (χ1v) is 14.5. The lowest BCUT2D eigenvalue weighted by molar-refractivity contribution is 0.405. The van der Waals surface area contributed by atoms with Crippen molar-refractivity contribution in [3.05, 3.63) is 70.8 Å². The smallest absolute Gasteiger partial charge is 0.0230 e.